The lowest BCUT2D eigenvalue weighted by Gasteiger charge is -2.63. The summed E-state index contributed by atoms with van der Waals surface area (Å²) in [4.78, 5) is 36.0. The van der Waals surface area contributed by atoms with Gasteiger partial charge in [0.05, 0.1) is 18.8 Å². The number of anilines is 1. The molecule has 0 bridgehead atoms. The van der Waals surface area contributed by atoms with E-state index in [1.807, 2.05) is 0 Å². The number of hydroxylamine groups is 1. The molecule has 1 N–H and O–H groups in total. The highest BCUT2D eigenvalue weighted by Crippen LogP contribution is 2.73. The maximum Gasteiger partial charge on any atom is 0.321 e. The van der Waals surface area contributed by atoms with Gasteiger partial charge in [-0.15, -0.1) is 0 Å². The quantitative estimate of drug-likeness (QED) is 0.637. The maximum atomic E-state index is 17.3. The molecular formula is C25H27F3N2O5S. The topological polar surface area (TPSA) is 92.9 Å². The number of aliphatic hydroxyl groups excluding tert-OH is 1. The number of oxazole rings is 1. The highest BCUT2D eigenvalue weighted by Gasteiger charge is 2.80. The molecule has 194 valence electrons. The van der Waals surface area contributed by atoms with Gasteiger partial charge in [0, 0.05) is 22.7 Å². The Bertz CT molecular complexity index is 1180. The number of hydrogen-bond donors (Lipinski definition) is 1. The Morgan fingerprint density at radius 2 is 2.11 bits per heavy atom. The van der Waals surface area contributed by atoms with Gasteiger partial charge >= 0.3 is 6.01 Å². The number of carbonyl (C=O) groups is 2. The molecule has 1 saturated heterocycles. The van der Waals surface area contributed by atoms with E-state index in [0.717, 1.165) is 6.08 Å². The summed E-state index contributed by atoms with van der Waals surface area (Å²) in [6.07, 6.45) is 3.32. The third-order valence-corrected chi connectivity index (χ3v) is 10.4. The normalized spacial score (nSPS) is 47.2. The first-order chi connectivity index (χ1) is 17.0. The minimum Gasteiger partial charge on any atom is -0.431 e. The summed E-state index contributed by atoms with van der Waals surface area (Å²) in [6.45, 7) is 3.49. The third kappa shape index (κ3) is 2.71. The predicted molar refractivity (Wildman–Crippen MR) is 124 cm³/mol. The number of aliphatic hydroxyl groups is 1. The van der Waals surface area contributed by atoms with Crippen LogP contribution < -0.4 is 5.06 Å². The standard InChI is InChI=1S/C25H27F3N2O5S/c1-22-4-3-14(31)8-17(22)18(27)9-16-15-7-13-11-30(21-29-5-6-34-21)35-25(13,20(33)36-12-26)23(15,2)10-19(32)24(16,22)28/h3-6,8,13,15-16,18-19,32H,7,9-12H2,1-2H3/t13-,15-,16-,18-,19-,22-,23-,24-,25-/m0/s1. The van der Waals surface area contributed by atoms with Crippen molar-refractivity contribution in [3.05, 3.63) is 36.3 Å². The zero-order valence-corrected chi connectivity index (χ0v) is 20.6. The number of ketones is 1. The zero-order chi connectivity index (χ0) is 25.7. The Balaban J connectivity index is 1.46. The van der Waals surface area contributed by atoms with Crippen molar-refractivity contribution in [2.45, 2.75) is 56.7 Å². The number of fused-ring (bicyclic) bond motifs is 7. The number of thioether (sulfide) groups is 1. The van der Waals surface area contributed by atoms with E-state index >= 15 is 8.78 Å². The molecule has 0 aromatic carbocycles. The summed E-state index contributed by atoms with van der Waals surface area (Å²) in [5.74, 6) is -2.38. The molecule has 1 aromatic rings. The van der Waals surface area contributed by atoms with Crippen molar-refractivity contribution >= 4 is 28.7 Å². The molecule has 6 rings (SSSR count). The van der Waals surface area contributed by atoms with Gasteiger partial charge in [0.25, 0.3) is 0 Å². The van der Waals surface area contributed by atoms with Crippen LogP contribution in [0.2, 0.25) is 0 Å². The van der Waals surface area contributed by atoms with Crippen LogP contribution in [0.25, 0.3) is 0 Å². The highest BCUT2D eigenvalue weighted by molar-refractivity contribution is 8.13. The molecule has 4 fully saturated rings. The molecule has 4 aliphatic carbocycles. The van der Waals surface area contributed by atoms with Gasteiger partial charge in [-0.2, -0.15) is 0 Å². The molecule has 0 spiro atoms. The largest absolute Gasteiger partial charge is 0.431 e. The van der Waals surface area contributed by atoms with Crippen molar-refractivity contribution in [2.24, 2.45) is 28.6 Å². The lowest BCUT2D eigenvalue weighted by molar-refractivity contribution is -0.225. The van der Waals surface area contributed by atoms with E-state index < -0.39 is 69.0 Å². The Labute approximate surface area is 210 Å². The molecule has 3 saturated carbocycles. The number of allylic oxidation sites excluding steroid dienone is 4. The molecule has 5 aliphatic rings. The fourth-order valence-electron chi connectivity index (χ4n) is 8.20. The SMILES string of the molecule is C[C@]12C=CC(=O)C=C1[C@@H](F)C[C@H]1[C@@H]3C[C@H]4CN(c5ncco5)O[C@@]4(C(=O)SCF)[C@@]3(C)C[C@H](O)[C@@]12F. The average Bonchev–Trinajstić information content (AvgIpc) is 3.53. The van der Waals surface area contributed by atoms with Crippen molar-refractivity contribution in [1.82, 2.24) is 4.98 Å². The molecule has 9 atom stereocenters. The van der Waals surface area contributed by atoms with Gasteiger partial charge in [-0.1, -0.05) is 24.8 Å². The van der Waals surface area contributed by atoms with E-state index in [4.69, 9.17) is 9.25 Å². The first kappa shape index (κ1) is 24.2. The lowest BCUT2D eigenvalue weighted by Crippen LogP contribution is -2.70. The lowest BCUT2D eigenvalue weighted by atomic mass is 9.44. The van der Waals surface area contributed by atoms with Gasteiger partial charge in [0.2, 0.25) is 5.12 Å². The molecule has 1 aliphatic heterocycles. The number of nitrogens with zero attached hydrogens (tertiary/aromatic N) is 2. The number of carbonyl (C=O) groups excluding carboxylic acids is 2. The van der Waals surface area contributed by atoms with Gasteiger partial charge in [0.15, 0.2) is 17.1 Å². The first-order valence-corrected chi connectivity index (χ1v) is 13.1. The van der Waals surface area contributed by atoms with Crippen LogP contribution in [0.3, 0.4) is 0 Å². The number of halogens is 3. The Kier molecular flexibility index (Phi) is 5.19. The van der Waals surface area contributed by atoms with Crippen LogP contribution in [0.4, 0.5) is 19.2 Å². The van der Waals surface area contributed by atoms with Crippen molar-refractivity contribution in [3.63, 3.8) is 0 Å². The second-order valence-corrected chi connectivity index (χ2v) is 11.9. The summed E-state index contributed by atoms with van der Waals surface area (Å²) in [5, 5.41) is 12.3. The molecule has 7 nitrogen and oxygen atoms in total. The van der Waals surface area contributed by atoms with Gasteiger partial charge < -0.3 is 9.52 Å². The second-order valence-electron chi connectivity index (χ2n) is 11.0. The van der Waals surface area contributed by atoms with Crippen LogP contribution in [-0.2, 0) is 14.4 Å². The Morgan fingerprint density at radius 1 is 1.33 bits per heavy atom. The molecule has 2 heterocycles. The van der Waals surface area contributed by atoms with Crippen LogP contribution in [0.5, 0.6) is 0 Å². The van der Waals surface area contributed by atoms with E-state index in [1.165, 1.54) is 36.6 Å². The molecule has 0 amide bonds. The molecule has 1 aromatic heterocycles. The summed E-state index contributed by atoms with van der Waals surface area (Å²) < 4.78 is 51.7. The van der Waals surface area contributed by atoms with E-state index in [1.54, 1.807) is 6.92 Å². The summed E-state index contributed by atoms with van der Waals surface area (Å²) >= 11 is 0.482. The van der Waals surface area contributed by atoms with Crippen molar-refractivity contribution in [1.29, 1.82) is 0 Å². The van der Waals surface area contributed by atoms with Crippen LogP contribution in [0.1, 0.15) is 33.1 Å². The smallest absolute Gasteiger partial charge is 0.321 e. The Hall–Kier alpha value is -2.11. The van der Waals surface area contributed by atoms with Crippen LogP contribution in [-0.4, -0.2) is 57.1 Å². The highest BCUT2D eigenvalue weighted by atomic mass is 32.2. The van der Waals surface area contributed by atoms with Crippen LogP contribution >= 0.6 is 11.8 Å². The number of alkyl halides is 3. The van der Waals surface area contributed by atoms with E-state index in [2.05, 4.69) is 4.98 Å². The Morgan fingerprint density at radius 3 is 2.81 bits per heavy atom. The van der Waals surface area contributed by atoms with Gasteiger partial charge in [-0.3, -0.25) is 14.4 Å². The number of hydrogen-bond acceptors (Lipinski definition) is 8. The third-order valence-electron chi connectivity index (χ3n) is 9.74. The average molecular weight is 525 g/mol. The van der Waals surface area contributed by atoms with E-state index in [9.17, 15) is 19.1 Å². The fourth-order valence-corrected chi connectivity index (χ4v) is 8.95. The molecule has 0 radical (unpaired) electrons. The molecule has 36 heavy (non-hydrogen) atoms. The maximum absolute atomic E-state index is 17.3. The first-order valence-electron chi connectivity index (χ1n) is 12.1. The van der Waals surface area contributed by atoms with Gasteiger partial charge in [0.1, 0.15) is 18.4 Å². The van der Waals surface area contributed by atoms with Crippen molar-refractivity contribution < 1.29 is 37.1 Å². The summed E-state index contributed by atoms with van der Waals surface area (Å²) in [7, 11) is 0. The fraction of sp³-hybridized carbons (Fsp3) is 0.640. The second kappa shape index (κ2) is 7.70. The van der Waals surface area contributed by atoms with Crippen LogP contribution in [0.15, 0.2) is 40.7 Å². The summed E-state index contributed by atoms with van der Waals surface area (Å²) in [6, 6.07) is -0.827. The van der Waals surface area contributed by atoms with Crippen molar-refractivity contribution in [3.8, 4) is 0 Å². The number of rotatable bonds is 3. The molecule has 0 unspecified atom stereocenters. The summed E-state index contributed by atoms with van der Waals surface area (Å²) in [5.41, 5.74) is -6.44. The van der Waals surface area contributed by atoms with E-state index in [-0.39, 0.29) is 31.0 Å². The zero-order valence-electron chi connectivity index (χ0n) is 19.8. The van der Waals surface area contributed by atoms with Crippen molar-refractivity contribution in [2.75, 3.05) is 17.6 Å². The molecule has 11 heteroatoms. The predicted octanol–water partition coefficient (Wildman–Crippen LogP) is 3.90. The number of aromatic nitrogens is 1. The van der Waals surface area contributed by atoms with Gasteiger partial charge in [-0.05, 0) is 49.8 Å². The van der Waals surface area contributed by atoms with E-state index in [0.29, 0.717) is 18.2 Å². The molecular weight excluding hydrogens is 497 g/mol. The van der Waals surface area contributed by atoms with Crippen LogP contribution in [0, 0.1) is 28.6 Å². The monoisotopic (exact) mass is 524 g/mol. The minimum absolute atomic E-state index is 0.0414. The minimum atomic E-state index is -2.26. The van der Waals surface area contributed by atoms with Gasteiger partial charge in [-0.25, -0.2) is 23.2 Å².